The van der Waals surface area contributed by atoms with E-state index in [2.05, 4.69) is 13.5 Å². The van der Waals surface area contributed by atoms with E-state index in [9.17, 15) is 0 Å². The normalized spacial score (nSPS) is 9.70. The van der Waals surface area contributed by atoms with Gasteiger partial charge < -0.3 is 0 Å². The van der Waals surface area contributed by atoms with E-state index in [1.54, 1.807) is 13.2 Å². The van der Waals surface area contributed by atoms with Crippen LogP contribution in [0.15, 0.2) is 12.7 Å². The van der Waals surface area contributed by atoms with Gasteiger partial charge in [-0.25, -0.2) is 4.84 Å². The van der Waals surface area contributed by atoms with E-state index < -0.39 is 0 Å². The molecule has 0 saturated heterocycles. The third-order valence-electron chi connectivity index (χ3n) is 1.26. The molecule has 2 heteroatoms. The van der Waals surface area contributed by atoms with E-state index in [1.165, 1.54) is 0 Å². The molecule has 0 amide bonds. The van der Waals surface area contributed by atoms with Gasteiger partial charge >= 0.3 is 0 Å². The van der Waals surface area contributed by atoms with Crippen LogP contribution in [0.4, 0.5) is 0 Å². The first-order valence-electron chi connectivity index (χ1n) is 3.49. The van der Waals surface area contributed by atoms with Crippen LogP contribution in [-0.2, 0) is 4.84 Å². The average Bonchev–Trinajstić information content (AvgIpc) is 1.90. The highest BCUT2D eigenvalue weighted by molar-refractivity contribution is 4.51. The third-order valence-corrected chi connectivity index (χ3v) is 1.26. The zero-order valence-corrected chi connectivity index (χ0v) is 7.85. The predicted octanol–water partition coefficient (Wildman–Crippen LogP) is 1.84. The summed E-state index contributed by atoms with van der Waals surface area (Å²) in [6, 6.07) is 0. The molecule has 0 heterocycles. The van der Waals surface area contributed by atoms with Gasteiger partial charge in [0.25, 0.3) is 0 Å². The van der Waals surface area contributed by atoms with Crippen LogP contribution in [0.25, 0.3) is 0 Å². The van der Waals surface area contributed by atoms with Crippen molar-refractivity contribution in [1.82, 2.24) is 0 Å². The monoisotopic (exact) mass is 146 g/mol. The van der Waals surface area contributed by atoms with E-state index >= 15 is 0 Å². The highest BCUT2D eigenvalue weighted by atomic mass is 16.7. The van der Waals surface area contributed by atoms with Crippen LogP contribution >= 0.6 is 0 Å². The average molecular weight is 146 g/mol. The SMILES string of the molecule is C=CC.CC[N+](C)(C)OC. The smallest absolute Gasteiger partial charge is 0.106 e. The quantitative estimate of drug-likeness (QED) is 0.328. The second kappa shape index (κ2) is 6.78. The third kappa shape index (κ3) is 10.6. The molecule has 0 radical (unpaired) electrons. The van der Waals surface area contributed by atoms with E-state index in [0.717, 1.165) is 6.54 Å². The van der Waals surface area contributed by atoms with Crippen LogP contribution in [0.5, 0.6) is 0 Å². The Morgan fingerprint density at radius 1 is 1.50 bits per heavy atom. The highest BCUT2D eigenvalue weighted by Crippen LogP contribution is 1.92. The zero-order chi connectivity index (χ0) is 8.62. The summed E-state index contributed by atoms with van der Waals surface area (Å²) in [5.74, 6) is 0. The van der Waals surface area contributed by atoms with Gasteiger partial charge in [0.2, 0.25) is 0 Å². The van der Waals surface area contributed by atoms with Crippen LogP contribution < -0.4 is 0 Å². The first kappa shape index (κ1) is 12.3. The molecule has 62 valence electrons. The molecule has 0 atom stereocenters. The van der Waals surface area contributed by atoms with Crippen molar-refractivity contribution in [2.75, 3.05) is 27.7 Å². The maximum absolute atomic E-state index is 5.02. The molecule has 0 aliphatic carbocycles. The van der Waals surface area contributed by atoms with Gasteiger partial charge in [-0.1, -0.05) is 6.08 Å². The van der Waals surface area contributed by atoms with Crippen molar-refractivity contribution in [2.45, 2.75) is 13.8 Å². The van der Waals surface area contributed by atoms with Crippen molar-refractivity contribution in [1.29, 1.82) is 0 Å². The van der Waals surface area contributed by atoms with Gasteiger partial charge in [-0.2, -0.15) is 4.65 Å². The highest BCUT2D eigenvalue weighted by Gasteiger charge is 2.07. The van der Waals surface area contributed by atoms with Crippen LogP contribution in [0.2, 0.25) is 0 Å². The van der Waals surface area contributed by atoms with Crippen molar-refractivity contribution in [2.24, 2.45) is 0 Å². The molecular formula is C8H20NO+. The molecule has 10 heavy (non-hydrogen) atoms. The number of quaternary nitrogens is 1. The van der Waals surface area contributed by atoms with Crippen LogP contribution in [0.3, 0.4) is 0 Å². The Hall–Kier alpha value is -0.340. The lowest BCUT2D eigenvalue weighted by atomic mass is 10.7. The maximum atomic E-state index is 5.02. The number of allylic oxidation sites excluding steroid dienone is 1. The Morgan fingerprint density at radius 3 is 1.80 bits per heavy atom. The minimum absolute atomic E-state index is 0.639. The Kier molecular flexibility index (Phi) is 8.37. The zero-order valence-electron chi connectivity index (χ0n) is 7.85. The Morgan fingerprint density at radius 2 is 1.80 bits per heavy atom. The van der Waals surface area contributed by atoms with Crippen molar-refractivity contribution < 1.29 is 9.48 Å². The molecule has 0 rings (SSSR count). The minimum Gasteiger partial charge on any atom is -0.207 e. The second-order valence-corrected chi connectivity index (χ2v) is 2.48. The van der Waals surface area contributed by atoms with E-state index in [1.807, 2.05) is 21.0 Å². The lowest BCUT2D eigenvalue weighted by molar-refractivity contribution is -1.07. The van der Waals surface area contributed by atoms with Gasteiger partial charge in [-0.15, -0.1) is 6.58 Å². The fraction of sp³-hybridized carbons (Fsp3) is 0.750. The van der Waals surface area contributed by atoms with E-state index in [0.29, 0.717) is 4.65 Å². The maximum Gasteiger partial charge on any atom is 0.106 e. The fourth-order valence-corrected chi connectivity index (χ4v) is 0.129. The van der Waals surface area contributed by atoms with Crippen LogP contribution in [0, 0.1) is 0 Å². The van der Waals surface area contributed by atoms with Gasteiger partial charge in [-0.3, -0.25) is 0 Å². The predicted molar refractivity (Wildman–Crippen MR) is 45.5 cm³/mol. The molecule has 0 aromatic carbocycles. The second-order valence-electron chi connectivity index (χ2n) is 2.48. The lowest BCUT2D eigenvalue weighted by Gasteiger charge is -2.22. The summed E-state index contributed by atoms with van der Waals surface area (Å²) in [5.41, 5.74) is 0. The summed E-state index contributed by atoms with van der Waals surface area (Å²) in [6.07, 6.45) is 1.75. The minimum atomic E-state index is 0.639. The molecule has 0 aromatic rings. The van der Waals surface area contributed by atoms with Gasteiger partial charge in [0.05, 0.1) is 21.2 Å². The molecule has 0 spiro atoms. The standard InChI is InChI=1S/C5H14NO.C3H6/c1-5-6(2,3)7-4;1-3-2/h5H2,1-4H3;3H,1H2,2H3/q+1;. The van der Waals surface area contributed by atoms with E-state index in [4.69, 9.17) is 4.84 Å². The molecule has 2 nitrogen and oxygen atoms in total. The first-order valence-corrected chi connectivity index (χ1v) is 3.49. The van der Waals surface area contributed by atoms with Gasteiger partial charge in [0, 0.05) is 0 Å². The molecule has 0 unspecified atom stereocenters. The lowest BCUT2D eigenvalue weighted by Crippen LogP contribution is -2.37. The van der Waals surface area contributed by atoms with Crippen LogP contribution in [0.1, 0.15) is 13.8 Å². The number of hydrogen-bond acceptors (Lipinski definition) is 1. The first-order chi connectivity index (χ1) is 4.54. The summed E-state index contributed by atoms with van der Waals surface area (Å²) in [7, 11) is 5.74. The molecule has 0 aliphatic rings. The van der Waals surface area contributed by atoms with Crippen LogP contribution in [-0.4, -0.2) is 32.4 Å². The summed E-state index contributed by atoms with van der Waals surface area (Å²) >= 11 is 0. The van der Waals surface area contributed by atoms with Crippen molar-refractivity contribution >= 4 is 0 Å². The topological polar surface area (TPSA) is 9.23 Å². The molecule has 0 aromatic heterocycles. The molecule has 0 N–H and O–H groups in total. The number of nitrogens with zero attached hydrogens (tertiary/aromatic N) is 1. The Balaban J connectivity index is 0. The van der Waals surface area contributed by atoms with Gasteiger partial charge in [-0.05, 0) is 13.8 Å². The summed E-state index contributed by atoms with van der Waals surface area (Å²) in [4.78, 5) is 5.02. The Bertz CT molecular complexity index is 73.3. The van der Waals surface area contributed by atoms with Gasteiger partial charge in [0.1, 0.15) is 6.54 Å². The molecule has 0 saturated carbocycles. The van der Waals surface area contributed by atoms with Crippen molar-refractivity contribution in [3.63, 3.8) is 0 Å². The number of rotatable bonds is 2. The summed E-state index contributed by atoms with van der Waals surface area (Å²) in [5, 5.41) is 0. The molecule has 0 bridgehead atoms. The van der Waals surface area contributed by atoms with Gasteiger partial charge in [0.15, 0.2) is 0 Å². The van der Waals surface area contributed by atoms with Crippen molar-refractivity contribution in [3.05, 3.63) is 12.7 Å². The molecular weight excluding hydrogens is 126 g/mol. The van der Waals surface area contributed by atoms with Crippen molar-refractivity contribution in [3.8, 4) is 0 Å². The summed E-state index contributed by atoms with van der Waals surface area (Å²) in [6.45, 7) is 8.35. The fourth-order valence-electron chi connectivity index (χ4n) is 0.129. The largest absolute Gasteiger partial charge is 0.207 e. The Labute approximate surface area is 64.6 Å². The van der Waals surface area contributed by atoms with E-state index in [-0.39, 0.29) is 0 Å². The number of hydroxylamine groups is 3. The summed E-state index contributed by atoms with van der Waals surface area (Å²) < 4.78 is 0.639. The number of hydrogen-bond donors (Lipinski definition) is 0. The molecule has 0 aliphatic heterocycles. The molecule has 0 fully saturated rings.